The molecule has 0 spiro atoms. The van der Waals surface area contributed by atoms with E-state index in [0.717, 1.165) is 44.5 Å². The Morgan fingerprint density at radius 1 is 1.30 bits per heavy atom. The molecule has 1 aromatic heterocycles. The molecule has 2 N–H and O–H groups in total. The van der Waals surface area contributed by atoms with E-state index in [1.54, 1.807) is 12.1 Å². The molecule has 2 aromatic rings. The molecule has 1 unspecified atom stereocenters. The number of piperidine rings is 1. The smallest absolute Gasteiger partial charge is 0.272 e. The van der Waals surface area contributed by atoms with Crippen LogP contribution >= 0.6 is 0 Å². The maximum atomic E-state index is 13.2. The van der Waals surface area contributed by atoms with Gasteiger partial charge < -0.3 is 15.2 Å². The average Bonchev–Trinajstić information content (AvgIpc) is 3.13. The number of carbonyl (C=O) groups is 1. The van der Waals surface area contributed by atoms with Crippen LogP contribution in [0.15, 0.2) is 18.2 Å². The van der Waals surface area contributed by atoms with E-state index in [1.165, 1.54) is 12.8 Å². The predicted molar refractivity (Wildman–Crippen MR) is 117 cm³/mol. The van der Waals surface area contributed by atoms with E-state index in [9.17, 15) is 9.90 Å². The minimum Gasteiger partial charge on any atom is -0.507 e. The molecule has 0 radical (unpaired) electrons. The zero-order valence-electron chi connectivity index (χ0n) is 18.3. The number of hydrogen-bond donors (Lipinski definition) is 2. The molecule has 2 aliphatic heterocycles. The van der Waals surface area contributed by atoms with Crippen LogP contribution in [-0.4, -0.2) is 63.6 Å². The Bertz CT molecular complexity index is 882. The number of fused-ring (bicyclic) bond motifs is 3. The third kappa shape index (κ3) is 3.93. The van der Waals surface area contributed by atoms with Crippen molar-refractivity contribution in [1.29, 1.82) is 0 Å². The highest BCUT2D eigenvalue weighted by atomic mass is 16.5. The van der Waals surface area contributed by atoms with Gasteiger partial charge in [-0.2, -0.15) is 5.10 Å². The monoisotopic (exact) mass is 414 g/mol. The molecule has 2 bridgehead atoms. The first-order valence-electron chi connectivity index (χ1n) is 11.4. The molecule has 0 aliphatic carbocycles. The van der Waals surface area contributed by atoms with E-state index in [4.69, 9.17) is 4.74 Å². The molecular weight excluding hydrogens is 380 g/mol. The summed E-state index contributed by atoms with van der Waals surface area (Å²) in [5.41, 5.74) is 1.12. The highest BCUT2D eigenvalue weighted by molar-refractivity contribution is 6.07. The maximum Gasteiger partial charge on any atom is 0.272 e. The lowest BCUT2D eigenvalue weighted by Crippen LogP contribution is -2.60. The normalized spacial score (nSPS) is 25.4. The van der Waals surface area contributed by atoms with Crippen LogP contribution in [0.1, 0.15) is 69.4 Å². The van der Waals surface area contributed by atoms with Crippen LogP contribution in [0, 0.1) is 0 Å². The molecule has 2 saturated heterocycles. The van der Waals surface area contributed by atoms with E-state index in [0.29, 0.717) is 23.2 Å². The number of ether oxygens (including phenoxy) is 1. The van der Waals surface area contributed by atoms with Crippen LogP contribution in [0.5, 0.6) is 5.75 Å². The van der Waals surface area contributed by atoms with Gasteiger partial charge in [-0.1, -0.05) is 26.3 Å². The summed E-state index contributed by atoms with van der Waals surface area (Å²) in [5, 5.41) is 18.9. The summed E-state index contributed by atoms with van der Waals surface area (Å²) >= 11 is 0. The fourth-order valence-electron chi connectivity index (χ4n) is 4.91. The third-order valence-electron chi connectivity index (χ3n) is 6.71. The number of benzene rings is 1. The van der Waals surface area contributed by atoms with Crippen molar-refractivity contribution in [3.8, 4) is 5.75 Å². The fraction of sp³-hybridized carbons (Fsp3) is 0.652. The number of aromatic hydroxyl groups is 1. The maximum absolute atomic E-state index is 13.2. The van der Waals surface area contributed by atoms with E-state index in [1.807, 2.05) is 10.7 Å². The number of carbonyl (C=O) groups excluding carboxylic acids is 1. The molecule has 0 saturated carbocycles. The molecule has 4 atom stereocenters. The average molecular weight is 415 g/mol. The number of nitrogens with zero attached hydrogens (tertiary/aromatic N) is 3. The first-order chi connectivity index (χ1) is 14.5. The Kier molecular flexibility index (Phi) is 6.29. The highest BCUT2D eigenvalue weighted by Gasteiger charge is 2.39. The molecule has 2 aliphatic rings. The Balaban J connectivity index is 1.54. The Labute approximate surface area is 178 Å². The quantitative estimate of drug-likeness (QED) is 0.725. The molecule has 2 fully saturated rings. The van der Waals surface area contributed by atoms with Crippen LogP contribution in [0.2, 0.25) is 0 Å². The number of aromatic nitrogens is 2. The van der Waals surface area contributed by atoms with Crippen LogP contribution in [-0.2, 0) is 4.74 Å². The van der Waals surface area contributed by atoms with Crippen LogP contribution in [0.3, 0.4) is 0 Å². The third-order valence-corrected chi connectivity index (χ3v) is 6.71. The van der Waals surface area contributed by atoms with E-state index < -0.39 is 0 Å². The van der Waals surface area contributed by atoms with Gasteiger partial charge in [0.1, 0.15) is 5.75 Å². The minimum atomic E-state index is -0.199. The number of nitrogens with one attached hydrogen (secondary N) is 1. The van der Waals surface area contributed by atoms with Crippen molar-refractivity contribution in [2.75, 3.05) is 19.8 Å². The van der Waals surface area contributed by atoms with Gasteiger partial charge in [0.05, 0.1) is 24.1 Å². The number of hydrogen-bond acceptors (Lipinski definition) is 5. The standard InChI is InChI=1S/C23H34N4O3/c1-4-6-10-26-17-11-16(12-18(26)14-30-13-17)24-23(29)22-21-19(8-7-9-20(21)28)27(25-22)15(3)5-2/h7-9,15-18,28H,4-6,10-14H2,1-3H3,(H,24,29)/t15-,16?,17-,18+/m0/s1. The van der Waals surface area contributed by atoms with Gasteiger partial charge in [-0.25, -0.2) is 0 Å². The molecule has 1 aromatic carbocycles. The minimum absolute atomic E-state index is 0.101. The van der Waals surface area contributed by atoms with Gasteiger partial charge >= 0.3 is 0 Å². The molecule has 4 rings (SSSR count). The van der Waals surface area contributed by atoms with Crippen molar-refractivity contribution < 1.29 is 14.6 Å². The van der Waals surface area contributed by atoms with E-state index >= 15 is 0 Å². The molecule has 7 nitrogen and oxygen atoms in total. The summed E-state index contributed by atoms with van der Waals surface area (Å²) in [6, 6.07) is 6.30. The zero-order chi connectivity index (χ0) is 21.3. The van der Waals surface area contributed by atoms with Crippen molar-refractivity contribution in [3.05, 3.63) is 23.9 Å². The lowest BCUT2D eigenvalue weighted by molar-refractivity contribution is -0.0802. The zero-order valence-corrected chi connectivity index (χ0v) is 18.3. The number of phenols is 1. The summed E-state index contributed by atoms with van der Waals surface area (Å²) in [6.45, 7) is 8.96. The first-order valence-corrected chi connectivity index (χ1v) is 11.4. The Morgan fingerprint density at radius 3 is 2.70 bits per heavy atom. The molecule has 164 valence electrons. The van der Waals surface area contributed by atoms with Crippen molar-refractivity contribution in [1.82, 2.24) is 20.0 Å². The summed E-state index contributed by atoms with van der Waals surface area (Å²) in [5.74, 6) is -0.0959. The molecule has 3 heterocycles. The summed E-state index contributed by atoms with van der Waals surface area (Å²) in [7, 11) is 0. The van der Waals surface area contributed by atoms with Gasteiger partial charge in [0.2, 0.25) is 0 Å². The number of unbranched alkanes of at least 4 members (excludes halogenated alkanes) is 1. The topological polar surface area (TPSA) is 79.6 Å². The summed E-state index contributed by atoms with van der Waals surface area (Å²) in [4.78, 5) is 15.8. The van der Waals surface area contributed by atoms with Crippen LogP contribution in [0.25, 0.3) is 10.9 Å². The number of amides is 1. The SMILES string of the molecule is CCCCN1[C@@H]2COC[C@H]1CC(NC(=O)c1nn([C@@H](C)CC)c3cccc(O)c13)C2. The molecule has 7 heteroatoms. The van der Waals surface area contributed by atoms with Gasteiger partial charge in [0, 0.05) is 24.2 Å². The lowest BCUT2D eigenvalue weighted by Gasteiger charge is -2.48. The van der Waals surface area contributed by atoms with Crippen LogP contribution in [0.4, 0.5) is 0 Å². The van der Waals surface area contributed by atoms with E-state index in [-0.39, 0.29) is 23.7 Å². The van der Waals surface area contributed by atoms with Crippen molar-refractivity contribution in [2.45, 2.75) is 77.0 Å². The van der Waals surface area contributed by atoms with Gasteiger partial charge in [0.15, 0.2) is 5.69 Å². The second-order valence-corrected chi connectivity index (χ2v) is 8.80. The Morgan fingerprint density at radius 2 is 2.03 bits per heavy atom. The van der Waals surface area contributed by atoms with Gasteiger partial charge in [0.25, 0.3) is 5.91 Å². The second-order valence-electron chi connectivity index (χ2n) is 8.80. The van der Waals surface area contributed by atoms with Crippen molar-refractivity contribution in [2.24, 2.45) is 0 Å². The number of rotatable bonds is 7. The fourth-order valence-corrected chi connectivity index (χ4v) is 4.91. The van der Waals surface area contributed by atoms with Gasteiger partial charge in [-0.15, -0.1) is 0 Å². The number of morpholine rings is 1. The molecular formula is C23H34N4O3. The highest BCUT2D eigenvalue weighted by Crippen LogP contribution is 2.32. The van der Waals surface area contributed by atoms with Crippen molar-refractivity contribution in [3.63, 3.8) is 0 Å². The van der Waals surface area contributed by atoms with Crippen LogP contribution < -0.4 is 5.32 Å². The van der Waals surface area contributed by atoms with Crippen molar-refractivity contribution >= 4 is 16.8 Å². The summed E-state index contributed by atoms with van der Waals surface area (Å²) in [6.07, 6.45) is 5.06. The van der Waals surface area contributed by atoms with Gasteiger partial charge in [-0.3, -0.25) is 14.4 Å². The Hall–Kier alpha value is -2.12. The van der Waals surface area contributed by atoms with E-state index in [2.05, 4.69) is 36.1 Å². The van der Waals surface area contributed by atoms with Gasteiger partial charge in [-0.05, 0) is 51.3 Å². The first kappa shape index (κ1) is 21.1. The molecule has 1 amide bonds. The molecule has 30 heavy (non-hydrogen) atoms. The largest absolute Gasteiger partial charge is 0.507 e. The predicted octanol–water partition coefficient (Wildman–Crippen LogP) is 3.47. The number of phenolic OH excluding ortho intramolecular Hbond substituents is 1. The summed E-state index contributed by atoms with van der Waals surface area (Å²) < 4.78 is 7.66. The second kappa shape index (κ2) is 8.94. The lowest BCUT2D eigenvalue weighted by atomic mass is 9.89.